The predicted molar refractivity (Wildman–Crippen MR) is 95.0 cm³/mol. The van der Waals surface area contributed by atoms with Crippen LogP contribution in [0.2, 0.25) is 0 Å². The molecule has 23 heavy (non-hydrogen) atoms. The minimum Gasteiger partial charge on any atom is -0.334 e. The van der Waals surface area contributed by atoms with Crippen molar-refractivity contribution in [2.45, 2.75) is 44.8 Å². The van der Waals surface area contributed by atoms with E-state index in [2.05, 4.69) is 27.5 Å². The van der Waals surface area contributed by atoms with Crippen molar-refractivity contribution in [2.24, 2.45) is 0 Å². The number of hydrogen-bond donors (Lipinski definition) is 0. The summed E-state index contributed by atoms with van der Waals surface area (Å²) in [5.74, 6) is 0.592. The van der Waals surface area contributed by atoms with E-state index in [1.165, 1.54) is 16.6 Å². The molecule has 2 aromatic rings. The molecule has 1 amide bonds. The lowest BCUT2D eigenvalue weighted by Crippen LogP contribution is -2.31. The van der Waals surface area contributed by atoms with Gasteiger partial charge in [0, 0.05) is 22.8 Å². The maximum atomic E-state index is 12.6. The van der Waals surface area contributed by atoms with Crippen molar-refractivity contribution >= 4 is 29.0 Å². The largest absolute Gasteiger partial charge is 0.334 e. The first-order chi connectivity index (χ1) is 11.1. The van der Waals surface area contributed by atoms with Gasteiger partial charge >= 0.3 is 0 Å². The highest BCUT2D eigenvalue weighted by Crippen LogP contribution is 2.35. The second-order valence-corrected chi connectivity index (χ2v) is 7.77. The number of likely N-dealkylation sites (tertiary alicyclic amines) is 1. The summed E-state index contributed by atoms with van der Waals surface area (Å²) >= 11 is 3.18. The first-order valence-corrected chi connectivity index (χ1v) is 9.70. The molecule has 1 aliphatic heterocycles. The van der Waals surface area contributed by atoms with E-state index in [4.69, 9.17) is 0 Å². The molecule has 1 unspecified atom stereocenters. The lowest BCUT2D eigenvalue weighted by Gasteiger charge is -2.23. The number of hydrogen-bond acceptors (Lipinski definition) is 5. The molecule has 1 saturated heterocycles. The van der Waals surface area contributed by atoms with Gasteiger partial charge in [-0.2, -0.15) is 0 Å². The zero-order valence-electron chi connectivity index (χ0n) is 13.7. The summed E-state index contributed by atoms with van der Waals surface area (Å²) in [6.45, 7) is 6.86. The highest BCUT2D eigenvalue weighted by molar-refractivity contribution is 7.99. The van der Waals surface area contributed by atoms with Gasteiger partial charge in [-0.15, -0.1) is 11.3 Å². The zero-order chi connectivity index (χ0) is 16.4. The van der Waals surface area contributed by atoms with E-state index in [0.29, 0.717) is 10.9 Å². The van der Waals surface area contributed by atoms with Gasteiger partial charge in [-0.1, -0.05) is 17.8 Å². The Morgan fingerprint density at radius 1 is 1.35 bits per heavy atom. The Hall–Kier alpha value is -1.40. The first-order valence-electron chi connectivity index (χ1n) is 7.84. The van der Waals surface area contributed by atoms with Gasteiger partial charge in [-0.05, 0) is 50.6 Å². The quantitative estimate of drug-likeness (QED) is 0.621. The average molecular weight is 348 g/mol. The summed E-state index contributed by atoms with van der Waals surface area (Å²) in [7, 11) is 0. The third-order valence-electron chi connectivity index (χ3n) is 4.38. The molecular formula is C17H21N3OS2. The standard InChI is InChI=1S/C17H21N3OS2/c1-11-12(2)18-17(19-13(11)3)23-10-16(21)20-8-4-6-14(20)15-7-5-9-22-15/h5,7,9,14H,4,6,8,10H2,1-3H3. The zero-order valence-corrected chi connectivity index (χ0v) is 15.3. The van der Waals surface area contributed by atoms with Gasteiger partial charge in [0.15, 0.2) is 5.16 Å². The van der Waals surface area contributed by atoms with Gasteiger partial charge < -0.3 is 4.90 Å². The van der Waals surface area contributed by atoms with Crippen molar-refractivity contribution in [3.8, 4) is 0 Å². The summed E-state index contributed by atoms with van der Waals surface area (Å²) in [6.07, 6.45) is 2.15. The number of thioether (sulfide) groups is 1. The fourth-order valence-corrected chi connectivity index (χ4v) is 4.55. The molecule has 6 heteroatoms. The van der Waals surface area contributed by atoms with Crippen molar-refractivity contribution in [3.63, 3.8) is 0 Å². The summed E-state index contributed by atoms with van der Waals surface area (Å²) in [6, 6.07) is 4.44. The fraction of sp³-hybridized carbons (Fsp3) is 0.471. The number of aryl methyl sites for hydroxylation is 2. The van der Waals surface area contributed by atoms with Crippen LogP contribution in [0.15, 0.2) is 22.7 Å². The summed E-state index contributed by atoms with van der Waals surface area (Å²) < 4.78 is 0. The van der Waals surface area contributed by atoms with E-state index in [0.717, 1.165) is 36.3 Å². The predicted octanol–water partition coefficient (Wildman–Crippen LogP) is 3.92. The molecule has 0 saturated carbocycles. The van der Waals surface area contributed by atoms with Crippen LogP contribution in [0.1, 0.15) is 40.7 Å². The van der Waals surface area contributed by atoms with E-state index in [1.54, 1.807) is 11.3 Å². The van der Waals surface area contributed by atoms with E-state index in [-0.39, 0.29) is 11.9 Å². The molecule has 122 valence electrons. The molecule has 0 aromatic carbocycles. The normalized spacial score (nSPS) is 17.7. The molecule has 3 rings (SSSR count). The molecule has 4 nitrogen and oxygen atoms in total. The molecule has 0 spiro atoms. The molecule has 3 heterocycles. The highest BCUT2D eigenvalue weighted by atomic mass is 32.2. The van der Waals surface area contributed by atoms with Gasteiger partial charge in [0.2, 0.25) is 5.91 Å². The van der Waals surface area contributed by atoms with Crippen LogP contribution in [0, 0.1) is 20.8 Å². The van der Waals surface area contributed by atoms with Crippen LogP contribution in [0.25, 0.3) is 0 Å². The van der Waals surface area contributed by atoms with Crippen molar-refractivity contribution in [1.82, 2.24) is 14.9 Å². The number of rotatable bonds is 4. The van der Waals surface area contributed by atoms with Gasteiger partial charge in [-0.3, -0.25) is 4.79 Å². The second-order valence-electron chi connectivity index (χ2n) is 5.85. The van der Waals surface area contributed by atoms with E-state index in [1.807, 2.05) is 25.7 Å². The molecule has 2 aromatic heterocycles. The minimum atomic E-state index is 0.186. The van der Waals surface area contributed by atoms with Crippen molar-refractivity contribution < 1.29 is 4.79 Å². The van der Waals surface area contributed by atoms with Crippen LogP contribution in [0.3, 0.4) is 0 Å². The maximum absolute atomic E-state index is 12.6. The summed E-state index contributed by atoms with van der Waals surface area (Å²) in [4.78, 5) is 24.9. The van der Waals surface area contributed by atoms with Crippen molar-refractivity contribution in [1.29, 1.82) is 0 Å². The van der Waals surface area contributed by atoms with Crippen molar-refractivity contribution in [2.75, 3.05) is 12.3 Å². The van der Waals surface area contributed by atoms with E-state index >= 15 is 0 Å². The van der Waals surface area contributed by atoms with Gasteiger partial charge in [-0.25, -0.2) is 9.97 Å². The Balaban J connectivity index is 1.65. The number of carbonyl (C=O) groups excluding carboxylic acids is 1. The highest BCUT2D eigenvalue weighted by Gasteiger charge is 2.30. The Bertz CT molecular complexity index is 677. The minimum absolute atomic E-state index is 0.186. The number of amides is 1. The Morgan fingerprint density at radius 3 is 2.74 bits per heavy atom. The molecule has 0 bridgehead atoms. The molecule has 0 aliphatic carbocycles. The lowest BCUT2D eigenvalue weighted by atomic mass is 10.2. The summed E-state index contributed by atoms with van der Waals surface area (Å²) in [5.41, 5.74) is 3.10. The van der Waals surface area contributed by atoms with Crippen LogP contribution < -0.4 is 0 Å². The fourth-order valence-electron chi connectivity index (χ4n) is 2.86. The van der Waals surface area contributed by atoms with Crippen LogP contribution in [0.4, 0.5) is 0 Å². The lowest BCUT2D eigenvalue weighted by molar-refractivity contribution is -0.129. The van der Waals surface area contributed by atoms with Gasteiger partial charge in [0.05, 0.1) is 11.8 Å². The smallest absolute Gasteiger partial charge is 0.233 e. The topological polar surface area (TPSA) is 46.1 Å². The summed E-state index contributed by atoms with van der Waals surface area (Å²) in [5, 5.41) is 2.78. The van der Waals surface area contributed by atoms with Crippen LogP contribution in [-0.4, -0.2) is 33.1 Å². The Kier molecular flexibility index (Phi) is 5.02. The van der Waals surface area contributed by atoms with Crippen LogP contribution in [-0.2, 0) is 4.79 Å². The first kappa shape index (κ1) is 16.5. The van der Waals surface area contributed by atoms with Gasteiger partial charge in [0.1, 0.15) is 0 Å². The van der Waals surface area contributed by atoms with Crippen LogP contribution in [0.5, 0.6) is 0 Å². The van der Waals surface area contributed by atoms with E-state index < -0.39 is 0 Å². The number of thiophene rings is 1. The number of aromatic nitrogens is 2. The van der Waals surface area contributed by atoms with Crippen LogP contribution >= 0.6 is 23.1 Å². The van der Waals surface area contributed by atoms with Crippen molar-refractivity contribution in [3.05, 3.63) is 39.3 Å². The molecule has 1 fully saturated rings. The number of carbonyl (C=O) groups is 1. The SMILES string of the molecule is Cc1nc(SCC(=O)N2CCCC2c2cccs2)nc(C)c1C. The molecule has 0 radical (unpaired) electrons. The number of nitrogens with zero attached hydrogens (tertiary/aromatic N) is 3. The monoisotopic (exact) mass is 347 g/mol. The third kappa shape index (κ3) is 3.58. The average Bonchev–Trinajstić information content (AvgIpc) is 3.19. The maximum Gasteiger partial charge on any atom is 0.233 e. The Labute approximate surface area is 145 Å². The van der Waals surface area contributed by atoms with E-state index in [9.17, 15) is 4.79 Å². The van der Waals surface area contributed by atoms with Gasteiger partial charge in [0.25, 0.3) is 0 Å². The third-order valence-corrected chi connectivity index (χ3v) is 6.19. The molecule has 1 aliphatic rings. The molecule has 0 N–H and O–H groups in total. The molecular weight excluding hydrogens is 326 g/mol. The second kappa shape index (κ2) is 7.01. The Morgan fingerprint density at radius 2 is 2.09 bits per heavy atom. The molecule has 1 atom stereocenters.